The summed E-state index contributed by atoms with van der Waals surface area (Å²) >= 11 is 0. The highest BCUT2D eigenvalue weighted by atomic mass is 35.5. The molecule has 1 aliphatic rings. The van der Waals surface area contributed by atoms with Crippen molar-refractivity contribution in [1.82, 2.24) is 0 Å². The summed E-state index contributed by atoms with van der Waals surface area (Å²) in [4.78, 5) is 4.02. The maximum absolute atomic E-state index is 10.4. The SMILES string of the molecule is COc1cc(N=C(N)N)ccc1OCCCCC1(C)CCc2c(C)c(O)c(C)c(C)c2O1.Cl. The Balaban J connectivity index is 0.00000385. The van der Waals surface area contributed by atoms with Crippen LogP contribution in [0.2, 0.25) is 0 Å². The molecule has 0 aromatic heterocycles. The van der Waals surface area contributed by atoms with Crippen LogP contribution < -0.4 is 25.7 Å². The number of benzene rings is 2. The molecular formula is C25H36ClN3O4. The molecule has 0 amide bonds. The molecule has 2 aromatic carbocycles. The van der Waals surface area contributed by atoms with Crippen LogP contribution in [0.5, 0.6) is 23.0 Å². The minimum Gasteiger partial charge on any atom is -0.507 e. The Kier molecular flexibility index (Phi) is 8.72. The molecule has 0 radical (unpaired) electrons. The van der Waals surface area contributed by atoms with Crippen LogP contribution in [0.15, 0.2) is 23.2 Å². The fraction of sp³-hybridized carbons (Fsp3) is 0.480. The molecule has 0 saturated carbocycles. The summed E-state index contributed by atoms with van der Waals surface area (Å²) < 4.78 is 17.8. The van der Waals surface area contributed by atoms with Gasteiger partial charge in [0.25, 0.3) is 0 Å². The van der Waals surface area contributed by atoms with Gasteiger partial charge in [-0.25, -0.2) is 4.99 Å². The molecule has 0 saturated heterocycles. The van der Waals surface area contributed by atoms with E-state index in [1.165, 1.54) is 0 Å². The van der Waals surface area contributed by atoms with Crippen LogP contribution in [-0.2, 0) is 6.42 Å². The maximum atomic E-state index is 10.4. The number of phenolic OH excluding ortho intramolecular Hbond substituents is 1. The first kappa shape index (κ1) is 26.5. The zero-order valence-electron chi connectivity index (χ0n) is 20.2. The minimum atomic E-state index is -0.215. The first-order chi connectivity index (χ1) is 15.1. The summed E-state index contributed by atoms with van der Waals surface area (Å²) in [7, 11) is 1.59. The van der Waals surface area contributed by atoms with Gasteiger partial charge in [-0.05, 0) is 88.6 Å². The van der Waals surface area contributed by atoms with Gasteiger partial charge in [-0.2, -0.15) is 0 Å². The number of aliphatic imine (C=N–C) groups is 1. The normalized spacial score (nSPS) is 16.8. The van der Waals surface area contributed by atoms with Crippen LogP contribution in [0.1, 0.15) is 54.9 Å². The molecular weight excluding hydrogens is 442 g/mol. The van der Waals surface area contributed by atoms with E-state index in [9.17, 15) is 5.11 Å². The van der Waals surface area contributed by atoms with Crippen LogP contribution in [0, 0.1) is 20.8 Å². The van der Waals surface area contributed by atoms with Gasteiger partial charge in [0.05, 0.1) is 19.4 Å². The van der Waals surface area contributed by atoms with Crippen LogP contribution in [0.3, 0.4) is 0 Å². The number of hydrogen-bond acceptors (Lipinski definition) is 5. The van der Waals surface area contributed by atoms with Gasteiger partial charge in [0.15, 0.2) is 17.5 Å². The Hall–Kier alpha value is -2.80. The average molecular weight is 478 g/mol. The lowest BCUT2D eigenvalue weighted by Crippen LogP contribution is -2.37. The number of rotatable bonds is 8. The highest BCUT2D eigenvalue weighted by Gasteiger charge is 2.34. The molecule has 2 aromatic rings. The van der Waals surface area contributed by atoms with E-state index in [0.717, 1.165) is 60.1 Å². The molecule has 0 spiro atoms. The molecule has 182 valence electrons. The second-order valence-corrected chi connectivity index (χ2v) is 8.76. The first-order valence-corrected chi connectivity index (χ1v) is 11.1. The lowest BCUT2D eigenvalue weighted by Gasteiger charge is -2.38. The number of nitrogens with two attached hydrogens (primary N) is 2. The molecule has 1 unspecified atom stereocenters. The number of unbranched alkanes of at least 4 members (excludes halogenated alkanes) is 1. The van der Waals surface area contributed by atoms with Crippen LogP contribution in [-0.4, -0.2) is 30.4 Å². The highest BCUT2D eigenvalue weighted by molar-refractivity contribution is 5.85. The molecule has 1 aliphatic heterocycles. The molecule has 0 fully saturated rings. The molecule has 7 nitrogen and oxygen atoms in total. The third-order valence-electron chi connectivity index (χ3n) is 6.36. The number of methoxy groups -OCH3 is 1. The number of phenols is 1. The van der Waals surface area contributed by atoms with Crippen molar-refractivity contribution in [2.75, 3.05) is 13.7 Å². The molecule has 0 bridgehead atoms. The van der Waals surface area contributed by atoms with E-state index in [0.29, 0.717) is 29.5 Å². The van der Waals surface area contributed by atoms with Gasteiger partial charge >= 0.3 is 0 Å². The Labute approximate surface area is 202 Å². The van der Waals surface area contributed by atoms with E-state index in [1.54, 1.807) is 19.2 Å². The standard InChI is InChI=1S/C25H35N3O4.ClH/c1-15-16(2)23-19(17(3)22(15)29)10-12-25(4,32-23)11-6-7-13-31-20-9-8-18(28-24(26)27)14-21(20)30-5;/h8-9,14,29H,6-7,10-13H2,1-5H3,(H4,26,27,28);1H. The van der Waals surface area contributed by atoms with Crippen molar-refractivity contribution >= 4 is 24.1 Å². The van der Waals surface area contributed by atoms with Gasteiger partial charge in [-0.3, -0.25) is 0 Å². The third kappa shape index (κ3) is 5.96. The zero-order chi connectivity index (χ0) is 23.5. The van der Waals surface area contributed by atoms with Crippen LogP contribution >= 0.6 is 12.4 Å². The molecule has 33 heavy (non-hydrogen) atoms. The number of ether oxygens (including phenoxy) is 3. The fourth-order valence-corrected chi connectivity index (χ4v) is 4.25. The Morgan fingerprint density at radius 1 is 1.12 bits per heavy atom. The summed E-state index contributed by atoms with van der Waals surface area (Å²) in [5, 5.41) is 10.4. The molecule has 5 N–H and O–H groups in total. The maximum Gasteiger partial charge on any atom is 0.191 e. The number of halogens is 1. The van der Waals surface area contributed by atoms with Crippen molar-refractivity contribution in [3.63, 3.8) is 0 Å². The summed E-state index contributed by atoms with van der Waals surface area (Å²) in [6.07, 6.45) is 4.67. The topological polar surface area (TPSA) is 112 Å². The largest absolute Gasteiger partial charge is 0.507 e. The monoisotopic (exact) mass is 477 g/mol. The van der Waals surface area contributed by atoms with Gasteiger partial charge in [-0.1, -0.05) is 0 Å². The number of guanidine groups is 1. The number of nitrogens with zero attached hydrogens (tertiary/aromatic N) is 1. The van der Waals surface area contributed by atoms with Crippen molar-refractivity contribution in [3.05, 3.63) is 40.5 Å². The molecule has 3 rings (SSSR count). The summed E-state index contributed by atoms with van der Waals surface area (Å²) in [6, 6.07) is 5.34. The van der Waals surface area contributed by atoms with Gasteiger partial charge in [-0.15, -0.1) is 12.4 Å². The molecule has 1 heterocycles. The fourth-order valence-electron chi connectivity index (χ4n) is 4.25. The molecule has 8 heteroatoms. The number of hydrogen-bond donors (Lipinski definition) is 3. The molecule has 0 aliphatic carbocycles. The summed E-state index contributed by atoms with van der Waals surface area (Å²) in [5.41, 5.74) is 15.3. The predicted molar refractivity (Wildman–Crippen MR) is 135 cm³/mol. The predicted octanol–water partition coefficient (Wildman–Crippen LogP) is 4.99. The Morgan fingerprint density at radius 2 is 1.85 bits per heavy atom. The summed E-state index contributed by atoms with van der Waals surface area (Å²) in [6.45, 7) is 8.71. The van der Waals surface area contributed by atoms with Gasteiger partial charge in [0, 0.05) is 11.6 Å². The lowest BCUT2D eigenvalue weighted by molar-refractivity contribution is 0.0513. The van der Waals surface area contributed by atoms with Crippen LogP contribution in [0.25, 0.3) is 0 Å². The van der Waals surface area contributed by atoms with Crippen molar-refractivity contribution < 1.29 is 19.3 Å². The number of aromatic hydroxyl groups is 1. The number of fused-ring (bicyclic) bond motifs is 1. The van der Waals surface area contributed by atoms with E-state index in [1.807, 2.05) is 26.8 Å². The van der Waals surface area contributed by atoms with E-state index in [2.05, 4.69) is 11.9 Å². The second-order valence-electron chi connectivity index (χ2n) is 8.76. The van der Waals surface area contributed by atoms with E-state index in [-0.39, 0.29) is 24.0 Å². The second kappa shape index (κ2) is 10.9. The van der Waals surface area contributed by atoms with Gasteiger partial charge < -0.3 is 30.8 Å². The summed E-state index contributed by atoms with van der Waals surface area (Å²) in [5.74, 6) is 2.61. The highest BCUT2D eigenvalue weighted by Crippen LogP contribution is 2.44. The van der Waals surface area contributed by atoms with Crippen molar-refractivity contribution in [3.8, 4) is 23.0 Å². The first-order valence-electron chi connectivity index (χ1n) is 11.1. The van der Waals surface area contributed by atoms with Crippen molar-refractivity contribution in [2.24, 2.45) is 16.5 Å². The van der Waals surface area contributed by atoms with Crippen molar-refractivity contribution in [2.45, 2.75) is 65.4 Å². The average Bonchev–Trinajstić information content (AvgIpc) is 2.76. The third-order valence-corrected chi connectivity index (χ3v) is 6.36. The van der Waals surface area contributed by atoms with Gasteiger partial charge in [0.1, 0.15) is 17.1 Å². The van der Waals surface area contributed by atoms with Crippen molar-refractivity contribution in [1.29, 1.82) is 0 Å². The smallest absolute Gasteiger partial charge is 0.191 e. The Morgan fingerprint density at radius 3 is 2.52 bits per heavy atom. The Bertz CT molecular complexity index is 1020. The zero-order valence-corrected chi connectivity index (χ0v) is 21.0. The van der Waals surface area contributed by atoms with Gasteiger partial charge in [0.2, 0.25) is 0 Å². The van der Waals surface area contributed by atoms with E-state index >= 15 is 0 Å². The quantitative estimate of drug-likeness (QED) is 0.280. The minimum absolute atomic E-state index is 0. The molecule has 1 atom stereocenters. The van der Waals surface area contributed by atoms with E-state index in [4.69, 9.17) is 25.7 Å². The van der Waals surface area contributed by atoms with E-state index < -0.39 is 0 Å². The lowest BCUT2D eigenvalue weighted by atomic mass is 9.85. The van der Waals surface area contributed by atoms with Crippen LogP contribution in [0.4, 0.5) is 5.69 Å².